The molecule has 2 aromatic carbocycles. The molecule has 0 bridgehead atoms. The van der Waals surface area contributed by atoms with Crippen LogP contribution in [0.1, 0.15) is 11.1 Å². The van der Waals surface area contributed by atoms with Gasteiger partial charge in [-0.1, -0.05) is 30.3 Å². The van der Waals surface area contributed by atoms with Crippen molar-refractivity contribution in [1.82, 2.24) is 4.90 Å². The Labute approximate surface area is 121 Å². The summed E-state index contributed by atoms with van der Waals surface area (Å²) in [7, 11) is 0. The third-order valence-corrected chi connectivity index (χ3v) is 4.33. The molecule has 0 spiro atoms. The van der Waals surface area contributed by atoms with Gasteiger partial charge < -0.3 is 4.90 Å². The van der Waals surface area contributed by atoms with E-state index >= 15 is 0 Å². The van der Waals surface area contributed by atoms with Gasteiger partial charge >= 0.3 is 0 Å². The maximum atomic E-state index is 13.1. The van der Waals surface area contributed by atoms with Gasteiger partial charge in [-0.05, 0) is 29.3 Å². The number of benzene rings is 2. The molecule has 20 heavy (non-hydrogen) atoms. The van der Waals surface area contributed by atoms with E-state index in [-0.39, 0.29) is 11.7 Å². The number of halogens is 1. The lowest BCUT2D eigenvalue weighted by atomic mass is 10.1. The van der Waals surface area contributed by atoms with Crippen LogP contribution >= 0.6 is 11.8 Å². The molecule has 1 aliphatic rings. The Bertz CT molecular complexity index is 619. The minimum absolute atomic E-state index is 0.0930. The number of thioether (sulfide) groups is 1. The third kappa shape index (κ3) is 2.85. The predicted molar refractivity (Wildman–Crippen MR) is 77.8 cm³/mol. The van der Waals surface area contributed by atoms with Crippen LogP contribution in [0.2, 0.25) is 0 Å². The molecule has 3 rings (SSSR count). The Balaban J connectivity index is 1.59. The van der Waals surface area contributed by atoms with E-state index in [0.717, 1.165) is 4.90 Å². The molecule has 1 heterocycles. The quantitative estimate of drug-likeness (QED) is 0.806. The Morgan fingerprint density at radius 1 is 1.10 bits per heavy atom. The van der Waals surface area contributed by atoms with Gasteiger partial charge in [0.1, 0.15) is 5.82 Å². The minimum Gasteiger partial charge on any atom is -0.333 e. The molecular weight excluding hydrogens is 273 g/mol. The van der Waals surface area contributed by atoms with Crippen LogP contribution in [0.25, 0.3) is 0 Å². The molecule has 2 aromatic rings. The van der Waals surface area contributed by atoms with Crippen LogP contribution in [-0.2, 0) is 17.9 Å². The first kappa shape index (κ1) is 13.2. The second kappa shape index (κ2) is 5.67. The molecule has 0 unspecified atom stereocenters. The monoisotopic (exact) mass is 287 g/mol. The summed E-state index contributed by atoms with van der Waals surface area (Å²) in [6, 6.07) is 14.4. The average Bonchev–Trinajstić information content (AvgIpc) is 2.89. The number of nitrogens with zero attached hydrogens (tertiary/aromatic N) is 1. The summed E-state index contributed by atoms with van der Waals surface area (Å²) in [5, 5.41) is 0. The summed E-state index contributed by atoms with van der Waals surface area (Å²) in [5.41, 5.74) is 2.44. The van der Waals surface area contributed by atoms with Crippen molar-refractivity contribution in [2.45, 2.75) is 18.0 Å². The van der Waals surface area contributed by atoms with Crippen LogP contribution < -0.4 is 0 Å². The Hall–Kier alpha value is -1.81. The molecule has 102 valence electrons. The van der Waals surface area contributed by atoms with Crippen molar-refractivity contribution in [3.8, 4) is 0 Å². The number of hydrogen-bond acceptors (Lipinski definition) is 2. The first-order valence-corrected chi connectivity index (χ1v) is 7.44. The molecule has 2 nitrogen and oxygen atoms in total. The smallest absolute Gasteiger partial charge is 0.233 e. The van der Waals surface area contributed by atoms with Crippen molar-refractivity contribution in [1.29, 1.82) is 0 Å². The van der Waals surface area contributed by atoms with Crippen LogP contribution in [0, 0.1) is 5.82 Å². The van der Waals surface area contributed by atoms with E-state index in [1.54, 1.807) is 6.07 Å². The number of rotatable bonds is 3. The van der Waals surface area contributed by atoms with Gasteiger partial charge in [-0.25, -0.2) is 4.39 Å². The van der Waals surface area contributed by atoms with E-state index < -0.39 is 0 Å². The van der Waals surface area contributed by atoms with Crippen molar-refractivity contribution < 1.29 is 9.18 Å². The molecule has 1 aliphatic heterocycles. The largest absolute Gasteiger partial charge is 0.333 e. The van der Waals surface area contributed by atoms with Crippen molar-refractivity contribution in [3.63, 3.8) is 0 Å². The first-order valence-electron chi connectivity index (χ1n) is 6.45. The SMILES string of the molecule is O=C(CSc1cccc(F)c1)N1Cc2ccccc2C1. The first-order chi connectivity index (χ1) is 9.72. The number of amides is 1. The Kier molecular flexibility index (Phi) is 3.74. The van der Waals surface area contributed by atoms with Gasteiger partial charge in [0.25, 0.3) is 0 Å². The van der Waals surface area contributed by atoms with E-state index in [0.29, 0.717) is 18.8 Å². The predicted octanol–water partition coefficient (Wildman–Crippen LogP) is 3.46. The summed E-state index contributed by atoms with van der Waals surface area (Å²) in [6.45, 7) is 1.36. The average molecular weight is 287 g/mol. The van der Waals surface area contributed by atoms with Gasteiger partial charge in [-0.2, -0.15) is 0 Å². The molecular formula is C16H14FNOS. The highest BCUT2D eigenvalue weighted by atomic mass is 32.2. The lowest BCUT2D eigenvalue weighted by Crippen LogP contribution is -2.26. The van der Waals surface area contributed by atoms with Crippen LogP contribution in [-0.4, -0.2) is 16.6 Å². The van der Waals surface area contributed by atoms with Gasteiger partial charge in [-0.15, -0.1) is 11.8 Å². The second-order valence-electron chi connectivity index (χ2n) is 4.76. The summed E-state index contributed by atoms with van der Waals surface area (Å²) in [6.07, 6.45) is 0. The van der Waals surface area contributed by atoms with Gasteiger partial charge in [-0.3, -0.25) is 4.79 Å². The fourth-order valence-corrected chi connectivity index (χ4v) is 3.15. The second-order valence-corrected chi connectivity index (χ2v) is 5.81. The number of carbonyl (C=O) groups excluding carboxylic acids is 1. The molecule has 0 saturated heterocycles. The van der Waals surface area contributed by atoms with Gasteiger partial charge in [0.2, 0.25) is 5.91 Å². The summed E-state index contributed by atoms with van der Waals surface area (Å²) in [4.78, 5) is 14.8. The maximum absolute atomic E-state index is 13.1. The van der Waals surface area contributed by atoms with E-state index in [4.69, 9.17) is 0 Å². The molecule has 0 N–H and O–H groups in total. The highest BCUT2D eigenvalue weighted by molar-refractivity contribution is 8.00. The minimum atomic E-state index is -0.268. The molecule has 0 saturated carbocycles. The van der Waals surface area contributed by atoms with Crippen molar-refractivity contribution in [2.75, 3.05) is 5.75 Å². The van der Waals surface area contributed by atoms with E-state index in [9.17, 15) is 9.18 Å². The van der Waals surface area contributed by atoms with Gasteiger partial charge in [0, 0.05) is 18.0 Å². The topological polar surface area (TPSA) is 20.3 Å². The molecule has 0 aromatic heterocycles. The number of carbonyl (C=O) groups is 1. The molecule has 0 aliphatic carbocycles. The highest BCUT2D eigenvalue weighted by Gasteiger charge is 2.22. The normalized spacial score (nSPS) is 13.3. The van der Waals surface area contributed by atoms with Gasteiger partial charge in [0.05, 0.1) is 5.75 Å². The fraction of sp³-hybridized carbons (Fsp3) is 0.188. The standard InChI is InChI=1S/C16H14FNOS/c17-14-6-3-7-15(8-14)20-11-16(19)18-9-12-4-1-2-5-13(12)10-18/h1-8H,9-11H2. The van der Waals surface area contributed by atoms with E-state index in [1.807, 2.05) is 23.1 Å². The fourth-order valence-electron chi connectivity index (χ4n) is 2.30. The third-order valence-electron chi connectivity index (χ3n) is 3.35. The van der Waals surface area contributed by atoms with Crippen LogP contribution in [0.5, 0.6) is 0 Å². The molecule has 1 amide bonds. The van der Waals surface area contributed by atoms with E-state index in [1.165, 1.54) is 35.0 Å². The lowest BCUT2D eigenvalue weighted by Gasteiger charge is -2.15. The van der Waals surface area contributed by atoms with Crippen molar-refractivity contribution in [3.05, 3.63) is 65.5 Å². The lowest BCUT2D eigenvalue weighted by molar-refractivity contribution is -0.128. The van der Waals surface area contributed by atoms with Crippen LogP contribution in [0.4, 0.5) is 4.39 Å². The summed E-state index contributed by atoms with van der Waals surface area (Å²) in [5.74, 6) is 0.170. The van der Waals surface area contributed by atoms with Crippen LogP contribution in [0.3, 0.4) is 0 Å². The Morgan fingerprint density at radius 2 is 1.80 bits per heavy atom. The highest BCUT2D eigenvalue weighted by Crippen LogP contribution is 2.24. The Morgan fingerprint density at radius 3 is 2.45 bits per heavy atom. The number of hydrogen-bond donors (Lipinski definition) is 0. The van der Waals surface area contributed by atoms with Gasteiger partial charge in [0.15, 0.2) is 0 Å². The zero-order valence-corrected chi connectivity index (χ0v) is 11.7. The maximum Gasteiger partial charge on any atom is 0.233 e. The van der Waals surface area contributed by atoms with Crippen LogP contribution in [0.15, 0.2) is 53.4 Å². The van der Waals surface area contributed by atoms with E-state index in [2.05, 4.69) is 12.1 Å². The summed E-state index contributed by atoms with van der Waals surface area (Å²) >= 11 is 1.38. The molecule has 0 fully saturated rings. The van der Waals surface area contributed by atoms with Crippen molar-refractivity contribution in [2.24, 2.45) is 0 Å². The zero-order chi connectivity index (χ0) is 13.9. The summed E-state index contributed by atoms with van der Waals surface area (Å²) < 4.78 is 13.1. The molecule has 4 heteroatoms. The molecule has 0 atom stereocenters. The van der Waals surface area contributed by atoms with Crippen molar-refractivity contribution >= 4 is 17.7 Å². The zero-order valence-electron chi connectivity index (χ0n) is 10.9. The molecule has 0 radical (unpaired) electrons. The number of fused-ring (bicyclic) bond motifs is 1.